The number of amides is 2. The van der Waals surface area contributed by atoms with Gasteiger partial charge < -0.3 is 15.7 Å². The molecular weight excluding hydrogens is 331 g/mol. The number of halogens is 2. The lowest BCUT2D eigenvalue weighted by atomic mass is 10.2. The summed E-state index contributed by atoms with van der Waals surface area (Å²) in [4.78, 5) is 23.1. The first-order chi connectivity index (χ1) is 9.43. The van der Waals surface area contributed by atoms with Crippen molar-refractivity contribution in [1.82, 2.24) is 5.32 Å². The van der Waals surface area contributed by atoms with E-state index in [2.05, 4.69) is 26.6 Å². The van der Waals surface area contributed by atoms with Crippen LogP contribution in [0.3, 0.4) is 0 Å². The topological polar surface area (TPSA) is 78.4 Å². The smallest absolute Gasteiger partial charge is 0.313 e. The quantitative estimate of drug-likeness (QED) is 0.711. The van der Waals surface area contributed by atoms with E-state index in [0.29, 0.717) is 17.3 Å². The largest absolute Gasteiger partial charge is 0.393 e. The SMILES string of the molecule is CCC(O)CCNC(=O)C(=O)Nc1cc(F)ccc1Br. The number of carbonyl (C=O) groups excluding carboxylic acids is 2. The van der Waals surface area contributed by atoms with E-state index in [0.717, 1.165) is 6.07 Å². The zero-order chi connectivity index (χ0) is 15.1. The van der Waals surface area contributed by atoms with Gasteiger partial charge in [-0.1, -0.05) is 6.92 Å². The van der Waals surface area contributed by atoms with Crippen molar-refractivity contribution in [3.63, 3.8) is 0 Å². The first kappa shape index (κ1) is 16.6. The number of hydrogen-bond donors (Lipinski definition) is 3. The van der Waals surface area contributed by atoms with Crippen LogP contribution in [-0.4, -0.2) is 29.6 Å². The van der Waals surface area contributed by atoms with E-state index in [1.807, 2.05) is 6.92 Å². The molecule has 1 aromatic rings. The first-order valence-corrected chi connectivity index (χ1v) is 6.95. The molecule has 0 spiro atoms. The fraction of sp³-hybridized carbons (Fsp3) is 0.385. The maximum Gasteiger partial charge on any atom is 0.313 e. The Bertz CT molecular complexity index is 497. The Morgan fingerprint density at radius 3 is 2.75 bits per heavy atom. The number of carbonyl (C=O) groups is 2. The zero-order valence-electron chi connectivity index (χ0n) is 11.0. The molecule has 1 atom stereocenters. The highest BCUT2D eigenvalue weighted by Gasteiger charge is 2.15. The highest BCUT2D eigenvalue weighted by atomic mass is 79.9. The second-order valence-corrected chi connectivity index (χ2v) is 5.04. The van der Waals surface area contributed by atoms with Crippen LogP contribution in [0.25, 0.3) is 0 Å². The van der Waals surface area contributed by atoms with E-state index in [4.69, 9.17) is 0 Å². The highest BCUT2D eigenvalue weighted by molar-refractivity contribution is 9.10. The highest BCUT2D eigenvalue weighted by Crippen LogP contribution is 2.22. The molecule has 20 heavy (non-hydrogen) atoms. The van der Waals surface area contributed by atoms with Crippen LogP contribution in [0.2, 0.25) is 0 Å². The molecule has 110 valence electrons. The normalized spacial score (nSPS) is 11.8. The van der Waals surface area contributed by atoms with Crippen LogP contribution in [-0.2, 0) is 9.59 Å². The minimum Gasteiger partial charge on any atom is -0.393 e. The van der Waals surface area contributed by atoms with Gasteiger partial charge in [0.05, 0.1) is 11.8 Å². The molecular formula is C13H16BrFN2O3. The van der Waals surface area contributed by atoms with Crippen molar-refractivity contribution < 1.29 is 19.1 Å². The molecule has 0 radical (unpaired) electrons. The number of aliphatic hydroxyl groups is 1. The fourth-order valence-corrected chi connectivity index (χ4v) is 1.75. The average Bonchev–Trinajstić information content (AvgIpc) is 2.42. The van der Waals surface area contributed by atoms with Gasteiger partial charge in [-0.2, -0.15) is 0 Å². The predicted octanol–water partition coefficient (Wildman–Crippen LogP) is 1.80. The van der Waals surface area contributed by atoms with Gasteiger partial charge in [-0.05, 0) is 47.0 Å². The molecule has 0 aliphatic heterocycles. The van der Waals surface area contributed by atoms with E-state index in [1.165, 1.54) is 12.1 Å². The molecule has 1 aromatic carbocycles. The number of aliphatic hydroxyl groups excluding tert-OH is 1. The Labute approximate surface area is 124 Å². The average molecular weight is 347 g/mol. The Balaban J connectivity index is 2.49. The maximum absolute atomic E-state index is 13.0. The molecule has 0 aromatic heterocycles. The summed E-state index contributed by atoms with van der Waals surface area (Å²) in [6.07, 6.45) is 0.452. The molecule has 0 aliphatic carbocycles. The second kappa shape index (κ2) is 7.96. The van der Waals surface area contributed by atoms with Crippen molar-refractivity contribution in [2.24, 2.45) is 0 Å². The van der Waals surface area contributed by atoms with Gasteiger partial charge in [-0.15, -0.1) is 0 Å². The third kappa shape index (κ3) is 5.26. The number of rotatable bonds is 5. The monoisotopic (exact) mass is 346 g/mol. The van der Waals surface area contributed by atoms with Crippen LogP contribution in [0.1, 0.15) is 19.8 Å². The predicted molar refractivity (Wildman–Crippen MR) is 76.7 cm³/mol. The third-order valence-electron chi connectivity index (χ3n) is 2.62. The van der Waals surface area contributed by atoms with Crippen molar-refractivity contribution in [3.05, 3.63) is 28.5 Å². The van der Waals surface area contributed by atoms with E-state index < -0.39 is 23.7 Å². The van der Waals surface area contributed by atoms with Gasteiger partial charge >= 0.3 is 11.8 Å². The summed E-state index contributed by atoms with van der Waals surface area (Å²) >= 11 is 3.14. The summed E-state index contributed by atoms with van der Waals surface area (Å²) in [5, 5.41) is 14.0. The van der Waals surface area contributed by atoms with Gasteiger partial charge in [-0.25, -0.2) is 4.39 Å². The molecule has 1 rings (SSSR count). The Morgan fingerprint density at radius 1 is 1.40 bits per heavy atom. The van der Waals surface area contributed by atoms with Crippen molar-refractivity contribution >= 4 is 33.4 Å². The van der Waals surface area contributed by atoms with Crippen LogP contribution in [0.5, 0.6) is 0 Å². The molecule has 0 heterocycles. The molecule has 5 nitrogen and oxygen atoms in total. The van der Waals surface area contributed by atoms with Crippen LogP contribution in [0, 0.1) is 5.82 Å². The van der Waals surface area contributed by atoms with Gasteiger partial charge in [0, 0.05) is 11.0 Å². The van der Waals surface area contributed by atoms with Crippen LogP contribution >= 0.6 is 15.9 Å². The molecule has 0 saturated heterocycles. The van der Waals surface area contributed by atoms with Crippen molar-refractivity contribution in [1.29, 1.82) is 0 Å². The number of anilines is 1. The standard InChI is InChI=1S/C13H16BrFN2O3/c1-2-9(18)5-6-16-12(19)13(20)17-11-7-8(15)3-4-10(11)14/h3-4,7,9,18H,2,5-6H2,1H3,(H,16,19)(H,17,20). The van der Waals surface area contributed by atoms with E-state index in [-0.39, 0.29) is 12.2 Å². The molecule has 0 fully saturated rings. The van der Waals surface area contributed by atoms with Gasteiger partial charge in [-0.3, -0.25) is 9.59 Å². The van der Waals surface area contributed by atoms with Crippen LogP contribution in [0.15, 0.2) is 22.7 Å². The molecule has 0 aliphatic rings. The lowest BCUT2D eigenvalue weighted by molar-refractivity contribution is -0.136. The molecule has 7 heteroatoms. The molecule has 1 unspecified atom stereocenters. The van der Waals surface area contributed by atoms with Crippen LogP contribution < -0.4 is 10.6 Å². The van der Waals surface area contributed by atoms with E-state index >= 15 is 0 Å². The summed E-state index contributed by atoms with van der Waals surface area (Å²) in [7, 11) is 0. The minimum absolute atomic E-state index is 0.179. The lowest BCUT2D eigenvalue weighted by Gasteiger charge is -2.10. The molecule has 3 N–H and O–H groups in total. The minimum atomic E-state index is -0.887. The van der Waals surface area contributed by atoms with Gasteiger partial charge in [0.1, 0.15) is 5.82 Å². The molecule has 0 bridgehead atoms. The van der Waals surface area contributed by atoms with Crippen molar-refractivity contribution in [3.8, 4) is 0 Å². The summed E-state index contributed by atoms with van der Waals surface area (Å²) in [5.41, 5.74) is 0.179. The number of nitrogens with one attached hydrogen (secondary N) is 2. The first-order valence-electron chi connectivity index (χ1n) is 6.16. The Hall–Kier alpha value is -1.47. The Kier molecular flexibility index (Phi) is 6.60. The van der Waals surface area contributed by atoms with Crippen molar-refractivity contribution in [2.45, 2.75) is 25.9 Å². The fourth-order valence-electron chi connectivity index (χ4n) is 1.41. The number of benzene rings is 1. The summed E-state index contributed by atoms with van der Waals surface area (Å²) in [6, 6.07) is 3.77. The van der Waals surface area contributed by atoms with Gasteiger partial charge in [0.15, 0.2) is 0 Å². The summed E-state index contributed by atoms with van der Waals surface area (Å²) in [5.74, 6) is -2.23. The summed E-state index contributed by atoms with van der Waals surface area (Å²) in [6.45, 7) is 2.02. The van der Waals surface area contributed by atoms with Gasteiger partial charge in [0.25, 0.3) is 0 Å². The third-order valence-corrected chi connectivity index (χ3v) is 3.31. The van der Waals surface area contributed by atoms with Crippen molar-refractivity contribution in [2.75, 3.05) is 11.9 Å². The van der Waals surface area contributed by atoms with Crippen LogP contribution in [0.4, 0.5) is 10.1 Å². The van der Waals surface area contributed by atoms with E-state index in [9.17, 15) is 19.1 Å². The second-order valence-electron chi connectivity index (χ2n) is 4.18. The number of hydrogen-bond acceptors (Lipinski definition) is 3. The Morgan fingerprint density at radius 2 is 2.10 bits per heavy atom. The molecule has 0 saturated carbocycles. The zero-order valence-corrected chi connectivity index (χ0v) is 12.5. The van der Waals surface area contributed by atoms with E-state index in [1.54, 1.807) is 0 Å². The van der Waals surface area contributed by atoms with Gasteiger partial charge in [0.2, 0.25) is 0 Å². The molecule has 2 amide bonds. The maximum atomic E-state index is 13.0. The lowest BCUT2D eigenvalue weighted by Crippen LogP contribution is -2.36. The summed E-state index contributed by atoms with van der Waals surface area (Å²) < 4.78 is 13.5.